The third-order valence-electron chi connectivity index (χ3n) is 5.41. The highest BCUT2D eigenvalue weighted by Crippen LogP contribution is 2.23. The molecular weight excluding hydrogens is 440 g/mol. The van der Waals surface area contributed by atoms with E-state index < -0.39 is 5.97 Å². The van der Waals surface area contributed by atoms with Gasteiger partial charge in [-0.1, -0.05) is 12.1 Å². The van der Waals surface area contributed by atoms with Crippen LogP contribution in [0, 0.1) is 13.8 Å². The van der Waals surface area contributed by atoms with E-state index in [-0.39, 0.29) is 24.7 Å². The van der Waals surface area contributed by atoms with Crippen molar-refractivity contribution in [2.75, 3.05) is 6.61 Å². The summed E-state index contributed by atoms with van der Waals surface area (Å²) in [6, 6.07) is 11.3. The number of fused-ring (bicyclic) bond motifs is 3. The predicted molar refractivity (Wildman–Crippen MR) is 125 cm³/mol. The van der Waals surface area contributed by atoms with E-state index in [1.807, 2.05) is 42.6 Å². The molecule has 0 aliphatic heterocycles. The summed E-state index contributed by atoms with van der Waals surface area (Å²) in [4.78, 5) is 41.7. The Balaban J connectivity index is 1.36. The molecule has 0 aliphatic carbocycles. The summed E-state index contributed by atoms with van der Waals surface area (Å²) in [5.74, 6) is -0.838. The highest BCUT2D eigenvalue weighted by molar-refractivity contribution is 7.14. The van der Waals surface area contributed by atoms with Gasteiger partial charge in [0.1, 0.15) is 0 Å². The maximum atomic E-state index is 12.3. The SMILES string of the molecule is CC(=O)NCc1ccc(C(=O)COC(=O)CCc2c(C)nc3c4ccccc4nn3c2C)s1. The summed E-state index contributed by atoms with van der Waals surface area (Å²) in [5.41, 5.74) is 4.39. The van der Waals surface area contributed by atoms with Crippen molar-refractivity contribution < 1.29 is 19.1 Å². The first-order valence-corrected chi connectivity index (χ1v) is 11.4. The monoisotopic (exact) mass is 464 g/mol. The summed E-state index contributed by atoms with van der Waals surface area (Å²) in [6.07, 6.45) is 0.588. The van der Waals surface area contributed by atoms with Gasteiger partial charge in [0.05, 0.1) is 16.9 Å². The standard InChI is InChI=1S/C24H24N4O4S/c1-14-18(15(2)28-24(26-14)19-6-4-5-7-20(19)27-28)9-11-23(31)32-13-21(30)22-10-8-17(33-22)12-25-16(3)29/h4-8,10H,9,11-13H2,1-3H3,(H,25,29). The lowest BCUT2D eigenvalue weighted by Gasteiger charge is -2.11. The van der Waals surface area contributed by atoms with Crippen LogP contribution in [-0.2, 0) is 27.3 Å². The van der Waals surface area contributed by atoms with Crippen LogP contribution in [0.4, 0.5) is 0 Å². The van der Waals surface area contributed by atoms with E-state index in [2.05, 4.69) is 10.4 Å². The molecule has 0 radical (unpaired) electrons. The van der Waals surface area contributed by atoms with Gasteiger partial charge in [0.2, 0.25) is 11.7 Å². The number of benzene rings is 1. The van der Waals surface area contributed by atoms with E-state index in [4.69, 9.17) is 9.72 Å². The van der Waals surface area contributed by atoms with Crippen LogP contribution in [0.2, 0.25) is 0 Å². The number of thiophene rings is 1. The number of hydrogen-bond donors (Lipinski definition) is 1. The van der Waals surface area contributed by atoms with Crippen molar-refractivity contribution in [3.05, 3.63) is 63.1 Å². The van der Waals surface area contributed by atoms with Crippen molar-refractivity contribution in [1.82, 2.24) is 19.9 Å². The zero-order valence-corrected chi connectivity index (χ0v) is 19.5. The van der Waals surface area contributed by atoms with Crippen LogP contribution in [0.1, 0.15) is 44.8 Å². The highest BCUT2D eigenvalue weighted by Gasteiger charge is 2.17. The van der Waals surface area contributed by atoms with Crippen molar-refractivity contribution in [1.29, 1.82) is 0 Å². The largest absolute Gasteiger partial charge is 0.457 e. The van der Waals surface area contributed by atoms with Crippen LogP contribution in [-0.4, -0.2) is 38.9 Å². The Hall–Kier alpha value is -3.59. The van der Waals surface area contributed by atoms with Crippen LogP contribution in [0.3, 0.4) is 0 Å². The number of rotatable bonds is 8. The lowest BCUT2D eigenvalue weighted by molar-refractivity contribution is -0.142. The number of aromatic nitrogens is 3. The Morgan fingerprint density at radius 2 is 1.91 bits per heavy atom. The number of ether oxygens (including phenoxy) is 1. The molecule has 8 nitrogen and oxygen atoms in total. The smallest absolute Gasteiger partial charge is 0.306 e. The molecule has 3 heterocycles. The molecule has 0 fully saturated rings. The lowest BCUT2D eigenvalue weighted by Crippen LogP contribution is -2.18. The number of carbonyl (C=O) groups excluding carboxylic acids is 3. The van der Waals surface area contributed by atoms with Gasteiger partial charge in [0.15, 0.2) is 12.3 Å². The number of amides is 1. The van der Waals surface area contributed by atoms with Gasteiger partial charge in [-0.05, 0) is 50.1 Å². The third-order valence-corrected chi connectivity index (χ3v) is 6.54. The van der Waals surface area contributed by atoms with Gasteiger partial charge in [-0.15, -0.1) is 11.3 Å². The Morgan fingerprint density at radius 3 is 2.70 bits per heavy atom. The molecule has 0 saturated heterocycles. The Kier molecular flexibility index (Phi) is 6.50. The maximum absolute atomic E-state index is 12.3. The van der Waals surface area contributed by atoms with E-state index in [1.54, 1.807) is 12.1 Å². The fraction of sp³-hybridized carbons (Fsp3) is 0.292. The number of nitrogens with one attached hydrogen (secondary N) is 1. The van der Waals surface area contributed by atoms with Gasteiger partial charge in [0.25, 0.3) is 0 Å². The minimum atomic E-state index is -0.442. The first-order chi connectivity index (χ1) is 15.8. The van der Waals surface area contributed by atoms with E-state index >= 15 is 0 Å². The highest BCUT2D eigenvalue weighted by atomic mass is 32.1. The molecule has 170 valence electrons. The zero-order valence-electron chi connectivity index (χ0n) is 18.7. The average molecular weight is 465 g/mol. The Bertz CT molecular complexity index is 1370. The van der Waals surface area contributed by atoms with Gasteiger partial charge in [0, 0.05) is 35.0 Å². The van der Waals surface area contributed by atoms with Crippen LogP contribution < -0.4 is 5.32 Å². The van der Waals surface area contributed by atoms with E-state index in [1.165, 1.54) is 18.3 Å². The molecule has 0 unspecified atom stereocenters. The van der Waals surface area contributed by atoms with Crippen molar-refractivity contribution in [2.24, 2.45) is 0 Å². The molecule has 1 aromatic carbocycles. The summed E-state index contributed by atoms with van der Waals surface area (Å²) in [7, 11) is 0. The fourth-order valence-electron chi connectivity index (χ4n) is 3.69. The van der Waals surface area contributed by atoms with Crippen molar-refractivity contribution in [3.8, 4) is 0 Å². The first-order valence-electron chi connectivity index (χ1n) is 10.6. The molecule has 4 aromatic rings. The fourth-order valence-corrected chi connectivity index (χ4v) is 4.56. The lowest BCUT2D eigenvalue weighted by atomic mass is 10.1. The van der Waals surface area contributed by atoms with Gasteiger partial charge < -0.3 is 10.1 Å². The minimum absolute atomic E-state index is 0.133. The van der Waals surface area contributed by atoms with E-state index in [9.17, 15) is 14.4 Å². The van der Waals surface area contributed by atoms with E-state index in [0.717, 1.165) is 38.4 Å². The number of hydrogen-bond acceptors (Lipinski definition) is 7. The second kappa shape index (κ2) is 9.50. The molecule has 33 heavy (non-hydrogen) atoms. The van der Waals surface area contributed by atoms with Crippen LogP contribution in [0.15, 0.2) is 36.4 Å². The molecule has 4 rings (SSSR count). The van der Waals surface area contributed by atoms with Gasteiger partial charge in [-0.25, -0.2) is 9.50 Å². The van der Waals surface area contributed by atoms with Gasteiger partial charge in [-0.2, -0.15) is 5.10 Å². The molecule has 9 heteroatoms. The normalized spacial score (nSPS) is 11.1. The third kappa shape index (κ3) is 4.93. The Morgan fingerprint density at radius 1 is 1.12 bits per heavy atom. The second-order valence-electron chi connectivity index (χ2n) is 7.77. The number of esters is 1. The predicted octanol–water partition coefficient (Wildman–Crippen LogP) is 3.56. The summed E-state index contributed by atoms with van der Waals surface area (Å²) in [5, 5.41) is 8.31. The number of nitrogens with zero attached hydrogens (tertiary/aromatic N) is 3. The topological polar surface area (TPSA) is 103 Å². The van der Waals surface area contributed by atoms with E-state index in [0.29, 0.717) is 17.8 Å². The van der Waals surface area contributed by atoms with Crippen LogP contribution >= 0.6 is 11.3 Å². The van der Waals surface area contributed by atoms with Crippen molar-refractivity contribution in [3.63, 3.8) is 0 Å². The quantitative estimate of drug-likeness (QED) is 0.316. The summed E-state index contributed by atoms with van der Waals surface area (Å²) < 4.78 is 7.02. The van der Waals surface area contributed by atoms with Crippen molar-refractivity contribution >= 4 is 45.5 Å². The van der Waals surface area contributed by atoms with Crippen LogP contribution in [0.5, 0.6) is 0 Å². The second-order valence-corrected chi connectivity index (χ2v) is 8.94. The van der Waals surface area contributed by atoms with Gasteiger partial charge in [-0.3, -0.25) is 14.4 Å². The molecule has 0 saturated carbocycles. The van der Waals surface area contributed by atoms with Gasteiger partial charge >= 0.3 is 5.97 Å². The molecule has 3 aromatic heterocycles. The van der Waals surface area contributed by atoms with Crippen molar-refractivity contribution in [2.45, 2.75) is 40.2 Å². The van der Waals surface area contributed by atoms with Crippen LogP contribution in [0.25, 0.3) is 16.6 Å². The molecule has 0 bridgehead atoms. The first kappa shape index (κ1) is 22.6. The molecule has 0 atom stereocenters. The maximum Gasteiger partial charge on any atom is 0.306 e. The number of ketones is 1. The minimum Gasteiger partial charge on any atom is -0.457 e. The molecular formula is C24H24N4O4S. The molecule has 1 amide bonds. The number of carbonyl (C=O) groups is 3. The zero-order chi connectivity index (χ0) is 23.5. The average Bonchev–Trinajstić information content (AvgIpc) is 3.41. The summed E-state index contributed by atoms with van der Waals surface area (Å²) >= 11 is 1.28. The molecule has 1 N–H and O–H groups in total. The number of Topliss-reactive ketones (excluding diaryl/α,β-unsaturated/α-hetero) is 1. The summed E-state index contributed by atoms with van der Waals surface area (Å²) in [6.45, 7) is 5.39. The molecule has 0 aliphatic rings. The molecule has 0 spiro atoms. The Labute approximate surface area is 194 Å². The number of aryl methyl sites for hydroxylation is 2.